The molecule has 56 heavy (non-hydrogen) atoms. The quantitative estimate of drug-likeness (QED) is 0.169. The molecule has 0 spiro atoms. The van der Waals surface area contributed by atoms with E-state index in [-0.39, 0.29) is 45.5 Å². The third kappa shape index (κ3) is 6.91. The number of esters is 4. The number of Topliss-reactive ketones (excluding diaryl/α,β-unsaturated/α-hetero) is 1. The van der Waals surface area contributed by atoms with Crippen molar-refractivity contribution in [2.75, 3.05) is 6.61 Å². The molecule has 0 radical (unpaired) electrons. The second kappa shape index (κ2) is 14.5. The fourth-order valence-corrected chi connectivity index (χ4v) is 13.1. The normalized spacial score (nSPS) is 42.2. The van der Waals surface area contributed by atoms with Gasteiger partial charge in [0.25, 0.3) is 0 Å². The summed E-state index contributed by atoms with van der Waals surface area (Å²) in [4.78, 5) is 77.7. The van der Waals surface area contributed by atoms with Crippen LogP contribution in [0.25, 0.3) is 0 Å². The van der Waals surface area contributed by atoms with Crippen LogP contribution in [0.4, 0.5) is 0 Å². The molecule has 1 aliphatic heterocycles. The highest BCUT2D eigenvalue weighted by molar-refractivity contribution is 5.86. The maximum absolute atomic E-state index is 15.2. The van der Waals surface area contributed by atoms with E-state index in [1.807, 2.05) is 0 Å². The zero-order valence-electron chi connectivity index (χ0n) is 35.5. The highest BCUT2D eigenvalue weighted by Gasteiger charge is 2.69. The molecule has 0 aromatic rings. The zero-order chi connectivity index (χ0) is 41.4. The molecule has 6 unspecified atom stereocenters. The molecule has 1 heterocycles. The average Bonchev–Trinajstić information content (AvgIpc) is 3.07. The molecule has 0 bridgehead atoms. The molecule has 6 aliphatic rings. The Kier molecular flexibility index (Phi) is 11.0. The summed E-state index contributed by atoms with van der Waals surface area (Å²) in [5.41, 5.74) is 0.0409. The number of amides is 1. The lowest BCUT2D eigenvalue weighted by Crippen LogP contribution is -2.68. The van der Waals surface area contributed by atoms with Crippen molar-refractivity contribution in [2.45, 2.75) is 171 Å². The molecule has 0 aromatic carbocycles. The summed E-state index contributed by atoms with van der Waals surface area (Å²) in [6.07, 6.45) is 4.19. The molecule has 0 aromatic heterocycles. The first-order chi connectivity index (χ1) is 25.9. The van der Waals surface area contributed by atoms with Crippen LogP contribution in [0.2, 0.25) is 0 Å². The first kappa shape index (κ1) is 42.3. The van der Waals surface area contributed by atoms with E-state index in [1.54, 1.807) is 0 Å². The predicted octanol–water partition coefficient (Wildman–Crippen LogP) is 6.56. The first-order valence-corrected chi connectivity index (χ1v) is 20.8. The fourth-order valence-electron chi connectivity index (χ4n) is 13.1. The molecule has 12 atom stereocenters. The number of hydrogen-bond acceptors (Lipinski definition) is 11. The molecule has 1 amide bonds. The number of ether oxygens (including phenoxy) is 5. The van der Waals surface area contributed by atoms with Crippen molar-refractivity contribution in [3.05, 3.63) is 11.6 Å². The summed E-state index contributed by atoms with van der Waals surface area (Å²) in [7, 11) is 0. The van der Waals surface area contributed by atoms with Gasteiger partial charge in [0.2, 0.25) is 5.91 Å². The van der Waals surface area contributed by atoms with Crippen LogP contribution in [0.1, 0.15) is 140 Å². The van der Waals surface area contributed by atoms with Gasteiger partial charge >= 0.3 is 23.9 Å². The average molecular weight is 784 g/mol. The topological polar surface area (TPSA) is 161 Å². The van der Waals surface area contributed by atoms with Crippen LogP contribution in [0.15, 0.2) is 11.6 Å². The summed E-state index contributed by atoms with van der Waals surface area (Å²) >= 11 is 0. The third-order valence-corrected chi connectivity index (χ3v) is 16.1. The van der Waals surface area contributed by atoms with Gasteiger partial charge in [-0.25, -0.2) is 0 Å². The molecule has 1 saturated heterocycles. The van der Waals surface area contributed by atoms with E-state index in [1.165, 1.54) is 33.3 Å². The van der Waals surface area contributed by atoms with Gasteiger partial charge in [-0.3, -0.25) is 28.8 Å². The molecule has 1 N–H and O–H groups in total. The van der Waals surface area contributed by atoms with Gasteiger partial charge < -0.3 is 29.0 Å². The fraction of sp³-hybridized carbons (Fsp3) is 0.818. The van der Waals surface area contributed by atoms with Crippen molar-refractivity contribution < 1.29 is 52.5 Å². The number of carbonyl (C=O) groups excluding carboxylic acids is 6. The summed E-state index contributed by atoms with van der Waals surface area (Å²) in [6, 6.07) is 0. The number of fused-ring (bicyclic) bond motifs is 7. The van der Waals surface area contributed by atoms with E-state index < -0.39 is 59.9 Å². The standard InChI is InChI=1S/C44H65NO11/c1-24(46)52-23-30-34(53-25(2)47)35(54-26(3)48)36(55-27(4)49)37(56-30)45-38(51)44-20-18-39(5,6)22-29(44)28-12-13-32-41(9)16-15-33(50)40(7,8)31(41)14-17-43(32,11)42(28,10)19-21-44/h12,29-32,34-37H,13-23H2,1-11H3,(H,45,51)/t29?,30?,31?,32?,34-,35?,36?,37+,41+,42-,43-,44+/m1/s1. The zero-order valence-corrected chi connectivity index (χ0v) is 35.5. The van der Waals surface area contributed by atoms with Crippen LogP contribution < -0.4 is 5.32 Å². The van der Waals surface area contributed by atoms with Crippen LogP contribution in [0.3, 0.4) is 0 Å². The summed E-state index contributed by atoms with van der Waals surface area (Å²) in [6.45, 7) is 20.7. The van der Waals surface area contributed by atoms with Crippen molar-refractivity contribution >= 4 is 35.6 Å². The molecule has 5 aliphatic carbocycles. The molecule has 5 fully saturated rings. The van der Waals surface area contributed by atoms with E-state index in [2.05, 4.69) is 59.9 Å². The Hall–Kier alpha value is -3.28. The molecule has 312 valence electrons. The Bertz CT molecular complexity index is 1680. The van der Waals surface area contributed by atoms with E-state index in [0.29, 0.717) is 36.9 Å². The van der Waals surface area contributed by atoms with E-state index in [4.69, 9.17) is 23.7 Å². The van der Waals surface area contributed by atoms with Crippen molar-refractivity contribution in [3.63, 3.8) is 0 Å². The molecule has 4 saturated carbocycles. The minimum atomic E-state index is -1.38. The molecule has 12 heteroatoms. The minimum Gasteiger partial charge on any atom is -0.463 e. The third-order valence-electron chi connectivity index (χ3n) is 16.1. The highest BCUT2D eigenvalue weighted by atomic mass is 16.7. The van der Waals surface area contributed by atoms with Gasteiger partial charge in [-0.15, -0.1) is 0 Å². The lowest BCUT2D eigenvalue weighted by Gasteiger charge is -2.70. The van der Waals surface area contributed by atoms with Crippen LogP contribution in [-0.2, 0) is 52.5 Å². The molecular formula is C44H65NO11. The summed E-state index contributed by atoms with van der Waals surface area (Å²) in [5, 5.41) is 3.12. The predicted molar refractivity (Wildman–Crippen MR) is 204 cm³/mol. The van der Waals surface area contributed by atoms with Gasteiger partial charge in [-0.1, -0.05) is 60.1 Å². The van der Waals surface area contributed by atoms with Crippen LogP contribution in [0, 0.1) is 50.2 Å². The van der Waals surface area contributed by atoms with Crippen molar-refractivity contribution in [3.8, 4) is 0 Å². The minimum absolute atomic E-state index is 0.0168. The lowest BCUT2D eigenvalue weighted by atomic mass is 9.33. The van der Waals surface area contributed by atoms with Gasteiger partial charge in [0, 0.05) is 39.5 Å². The summed E-state index contributed by atoms with van der Waals surface area (Å²) in [5.74, 6) is -1.96. The van der Waals surface area contributed by atoms with E-state index in [0.717, 1.165) is 44.9 Å². The number of rotatable bonds is 7. The van der Waals surface area contributed by atoms with Crippen molar-refractivity contribution in [1.82, 2.24) is 5.32 Å². The maximum Gasteiger partial charge on any atom is 0.303 e. The van der Waals surface area contributed by atoms with E-state index in [9.17, 15) is 24.0 Å². The van der Waals surface area contributed by atoms with Gasteiger partial charge in [0.1, 0.15) is 18.5 Å². The van der Waals surface area contributed by atoms with Crippen LogP contribution >= 0.6 is 0 Å². The second-order valence-electron chi connectivity index (χ2n) is 20.1. The van der Waals surface area contributed by atoms with Crippen LogP contribution in [0.5, 0.6) is 0 Å². The monoisotopic (exact) mass is 783 g/mol. The number of carbonyl (C=O) groups is 6. The van der Waals surface area contributed by atoms with Gasteiger partial charge in [-0.2, -0.15) is 0 Å². The number of hydrogen-bond donors (Lipinski definition) is 1. The number of ketones is 1. The smallest absolute Gasteiger partial charge is 0.303 e. The SMILES string of the molecule is CC(=O)OCC1O[C@H](NC(=O)[C@]23CCC(C)(C)CC2C2=CCC4[C@@]5(C)CCC(=O)C(C)(C)C5CC[C@@]4(C)[C@]2(C)CC3)C(OC(C)=O)C(OC(C)=O)[C@@H]1OC(C)=O. The molecule has 6 rings (SSSR count). The number of nitrogens with one attached hydrogen (secondary N) is 1. The Morgan fingerprint density at radius 3 is 1.98 bits per heavy atom. The molecule has 12 nitrogen and oxygen atoms in total. The maximum atomic E-state index is 15.2. The van der Waals surface area contributed by atoms with Gasteiger partial charge in [-0.05, 0) is 97.2 Å². The van der Waals surface area contributed by atoms with E-state index >= 15 is 4.79 Å². The Morgan fingerprint density at radius 1 is 0.750 bits per heavy atom. The first-order valence-electron chi connectivity index (χ1n) is 20.8. The highest BCUT2D eigenvalue weighted by Crippen LogP contribution is 2.75. The Labute approximate surface area is 332 Å². The largest absolute Gasteiger partial charge is 0.463 e. The van der Waals surface area contributed by atoms with Crippen molar-refractivity contribution in [1.29, 1.82) is 0 Å². The Morgan fingerprint density at radius 2 is 1.36 bits per heavy atom. The number of allylic oxidation sites excluding steroid dienone is 2. The van der Waals surface area contributed by atoms with Crippen LogP contribution in [-0.4, -0.2) is 72.8 Å². The summed E-state index contributed by atoms with van der Waals surface area (Å²) < 4.78 is 28.6. The van der Waals surface area contributed by atoms with Gasteiger partial charge in [0.15, 0.2) is 24.5 Å². The van der Waals surface area contributed by atoms with Crippen molar-refractivity contribution in [2.24, 2.45) is 50.2 Å². The Balaban J connectivity index is 1.37. The van der Waals surface area contributed by atoms with Gasteiger partial charge in [0.05, 0.1) is 5.41 Å². The lowest BCUT2D eigenvalue weighted by molar-refractivity contribution is -0.258. The molecular weight excluding hydrogens is 718 g/mol. The second-order valence-corrected chi connectivity index (χ2v) is 20.1.